The molecule has 122 valence electrons. The Morgan fingerprint density at radius 1 is 1.39 bits per heavy atom. The van der Waals surface area contributed by atoms with Gasteiger partial charge in [-0.05, 0) is 25.0 Å². The van der Waals surface area contributed by atoms with Crippen LogP contribution in [-0.2, 0) is 4.79 Å². The van der Waals surface area contributed by atoms with Crippen molar-refractivity contribution >= 4 is 5.91 Å². The van der Waals surface area contributed by atoms with Crippen LogP contribution in [0.3, 0.4) is 0 Å². The maximum Gasteiger partial charge on any atom is 0.223 e. The van der Waals surface area contributed by atoms with Gasteiger partial charge in [0, 0.05) is 36.7 Å². The van der Waals surface area contributed by atoms with E-state index < -0.39 is 0 Å². The highest BCUT2D eigenvalue weighted by Gasteiger charge is 2.33. The number of hydrogen-bond donors (Lipinski definition) is 1. The minimum Gasteiger partial charge on any atom is -0.345 e. The fourth-order valence-corrected chi connectivity index (χ4v) is 3.16. The lowest BCUT2D eigenvalue weighted by Crippen LogP contribution is -2.29. The van der Waals surface area contributed by atoms with Crippen molar-refractivity contribution in [3.8, 4) is 11.3 Å². The molecule has 0 saturated carbocycles. The number of hydrogen-bond acceptors (Lipinski definition) is 2. The Labute approximate surface area is 135 Å². The molecule has 1 amide bonds. The third kappa shape index (κ3) is 3.14. The molecule has 0 radical (unpaired) electrons. The van der Waals surface area contributed by atoms with Crippen LogP contribution >= 0.6 is 0 Å². The Morgan fingerprint density at radius 2 is 2.13 bits per heavy atom. The Kier molecular flexibility index (Phi) is 4.20. The van der Waals surface area contributed by atoms with Gasteiger partial charge in [-0.25, -0.2) is 9.37 Å². The number of aromatic amines is 1. The molecular formula is C18H22FN3O. The highest BCUT2D eigenvalue weighted by atomic mass is 19.1. The first-order valence-corrected chi connectivity index (χ1v) is 8.05. The van der Waals surface area contributed by atoms with Gasteiger partial charge in [-0.1, -0.05) is 26.0 Å². The summed E-state index contributed by atoms with van der Waals surface area (Å²) in [5.41, 5.74) is 1.96. The number of carbonyl (C=O) groups excluding carboxylic acids is 1. The van der Waals surface area contributed by atoms with Crippen molar-refractivity contribution in [2.45, 2.75) is 33.1 Å². The van der Waals surface area contributed by atoms with Gasteiger partial charge in [0.25, 0.3) is 0 Å². The highest BCUT2D eigenvalue weighted by Crippen LogP contribution is 2.31. The molecule has 3 rings (SSSR count). The number of aryl methyl sites for hydroxylation is 1. The van der Waals surface area contributed by atoms with Crippen LogP contribution < -0.4 is 0 Å². The van der Waals surface area contributed by atoms with Gasteiger partial charge in [0.2, 0.25) is 5.91 Å². The van der Waals surface area contributed by atoms with E-state index in [9.17, 15) is 9.18 Å². The van der Waals surface area contributed by atoms with Crippen LogP contribution in [0, 0.1) is 18.7 Å². The number of nitrogens with one attached hydrogen (secondary N) is 1. The zero-order chi connectivity index (χ0) is 16.6. The van der Waals surface area contributed by atoms with Crippen molar-refractivity contribution in [3.05, 3.63) is 41.6 Å². The zero-order valence-electron chi connectivity index (χ0n) is 13.8. The summed E-state index contributed by atoms with van der Waals surface area (Å²) in [6.45, 7) is 7.55. The number of carbonyl (C=O) groups is 1. The van der Waals surface area contributed by atoms with Crippen molar-refractivity contribution in [1.82, 2.24) is 14.9 Å². The molecule has 1 atom stereocenters. The van der Waals surface area contributed by atoms with Gasteiger partial charge in [-0.15, -0.1) is 0 Å². The summed E-state index contributed by atoms with van der Waals surface area (Å²) in [5.74, 6) is 1.17. The molecule has 1 aromatic carbocycles. The van der Waals surface area contributed by atoms with Crippen LogP contribution in [0.15, 0.2) is 24.3 Å². The largest absolute Gasteiger partial charge is 0.345 e. The third-order valence-corrected chi connectivity index (χ3v) is 4.22. The normalized spacial score (nSPS) is 18.2. The van der Waals surface area contributed by atoms with Crippen LogP contribution in [0.5, 0.6) is 0 Å². The summed E-state index contributed by atoms with van der Waals surface area (Å²) in [7, 11) is 0. The van der Waals surface area contributed by atoms with Crippen LogP contribution in [0.1, 0.15) is 37.7 Å². The van der Waals surface area contributed by atoms with E-state index >= 15 is 0 Å². The molecule has 0 spiro atoms. The number of rotatable bonds is 4. The predicted octanol–water partition coefficient (Wildman–Crippen LogP) is 3.50. The summed E-state index contributed by atoms with van der Waals surface area (Å²) in [6.07, 6.45) is 0.469. The minimum absolute atomic E-state index is 0.0560. The maximum absolute atomic E-state index is 14.0. The first-order chi connectivity index (χ1) is 11.0. The fourth-order valence-electron chi connectivity index (χ4n) is 3.16. The lowest BCUT2D eigenvalue weighted by atomic mass is 10.1. The lowest BCUT2D eigenvalue weighted by molar-refractivity contribution is -0.128. The summed E-state index contributed by atoms with van der Waals surface area (Å²) >= 11 is 0. The van der Waals surface area contributed by atoms with Crippen molar-refractivity contribution in [3.63, 3.8) is 0 Å². The molecule has 0 bridgehead atoms. The molecule has 1 N–H and O–H groups in total. The quantitative estimate of drug-likeness (QED) is 0.939. The standard InChI is InChI=1S/C18H22FN3O/c1-11(2)9-22-10-13(8-16(22)23)18-20-12(3)17(21-18)14-6-4-5-7-15(14)19/h4-7,11,13H,8-10H2,1-3H3,(H,20,21). The van der Waals surface area contributed by atoms with Crippen molar-refractivity contribution in [1.29, 1.82) is 0 Å². The summed E-state index contributed by atoms with van der Waals surface area (Å²) in [5, 5.41) is 0. The first kappa shape index (κ1) is 15.7. The topological polar surface area (TPSA) is 49.0 Å². The van der Waals surface area contributed by atoms with Crippen molar-refractivity contribution in [2.75, 3.05) is 13.1 Å². The zero-order valence-corrected chi connectivity index (χ0v) is 13.8. The second kappa shape index (κ2) is 6.14. The van der Waals surface area contributed by atoms with E-state index in [1.54, 1.807) is 18.2 Å². The summed E-state index contributed by atoms with van der Waals surface area (Å²) in [6, 6.07) is 6.64. The maximum atomic E-state index is 14.0. The smallest absolute Gasteiger partial charge is 0.223 e. The van der Waals surface area contributed by atoms with Gasteiger partial charge in [-0.2, -0.15) is 0 Å². The van der Waals surface area contributed by atoms with E-state index in [-0.39, 0.29) is 17.6 Å². The summed E-state index contributed by atoms with van der Waals surface area (Å²) < 4.78 is 14.0. The second-order valence-corrected chi connectivity index (χ2v) is 6.67. The molecule has 1 aliphatic rings. The molecule has 1 fully saturated rings. The second-order valence-electron chi connectivity index (χ2n) is 6.67. The molecular weight excluding hydrogens is 293 g/mol. The minimum atomic E-state index is -0.280. The highest BCUT2D eigenvalue weighted by molar-refractivity contribution is 5.79. The Hall–Kier alpha value is -2.17. The lowest BCUT2D eigenvalue weighted by Gasteiger charge is -2.18. The third-order valence-electron chi connectivity index (χ3n) is 4.22. The van der Waals surface area contributed by atoms with Gasteiger partial charge < -0.3 is 9.88 Å². The molecule has 2 heterocycles. The van der Waals surface area contributed by atoms with E-state index in [4.69, 9.17) is 0 Å². The SMILES string of the molecule is Cc1[nH]c(C2CC(=O)N(CC(C)C)C2)nc1-c1ccccc1F. The predicted molar refractivity (Wildman–Crippen MR) is 87.5 cm³/mol. The number of H-pyrrole nitrogens is 1. The number of benzene rings is 1. The van der Waals surface area contributed by atoms with Gasteiger partial charge in [0.1, 0.15) is 11.6 Å². The number of likely N-dealkylation sites (tertiary alicyclic amines) is 1. The average molecular weight is 315 g/mol. The molecule has 23 heavy (non-hydrogen) atoms. The van der Waals surface area contributed by atoms with E-state index in [1.165, 1.54) is 6.07 Å². The Balaban J connectivity index is 1.85. The van der Waals surface area contributed by atoms with Crippen LogP contribution in [0.4, 0.5) is 4.39 Å². The van der Waals surface area contributed by atoms with Crippen molar-refractivity contribution < 1.29 is 9.18 Å². The Morgan fingerprint density at radius 3 is 2.83 bits per heavy atom. The van der Waals surface area contributed by atoms with E-state index in [1.807, 2.05) is 11.8 Å². The average Bonchev–Trinajstić information content (AvgIpc) is 3.03. The van der Waals surface area contributed by atoms with Gasteiger partial charge in [-0.3, -0.25) is 4.79 Å². The Bertz CT molecular complexity index is 723. The molecule has 5 heteroatoms. The van der Waals surface area contributed by atoms with Crippen LogP contribution in [0.25, 0.3) is 11.3 Å². The molecule has 4 nitrogen and oxygen atoms in total. The molecule has 0 aliphatic carbocycles. The number of amides is 1. The molecule has 1 aliphatic heterocycles. The van der Waals surface area contributed by atoms with Gasteiger partial charge in [0.05, 0.1) is 5.69 Å². The van der Waals surface area contributed by atoms with Gasteiger partial charge in [0.15, 0.2) is 0 Å². The molecule has 1 unspecified atom stereocenters. The van der Waals surface area contributed by atoms with E-state index in [2.05, 4.69) is 23.8 Å². The van der Waals surface area contributed by atoms with Crippen LogP contribution in [0.2, 0.25) is 0 Å². The number of halogens is 1. The van der Waals surface area contributed by atoms with E-state index in [0.29, 0.717) is 30.1 Å². The van der Waals surface area contributed by atoms with Crippen molar-refractivity contribution in [2.24, 2.45) is 5.92 Å². The molecule has 2 aromatic rings. The number of imidazole rings is 1. The van der Waals surface area contributed by atoms with Crippen LogP contribution in [-0.4, -0.2) is 33.9 Å². The van der Waals surface area contributed by atoms with Gasteiger partial charge >= 0.3 is 0 Å². The molecule has 1 aromatic heterocycles. The fraction of sp³-hybridized carbons (Fsp3) is 0.444. The summed E-state index contributed by atoms with van der Waals surface area (Å²) in [4.78, 5) is 21.9. The number of aromatic nitrogens is 2. The first-order valence-electron chi connectivity index (χ1n) is 8.05. The van der Waals surface area contributed by atoms with E-state index in [0.717, 1.165) is 18.1 Å². The molecule has 1 saturated heterocycles. The number of nitrogens with zero attached hydrogens (tertiary/aromatic N) is 2. The monoisotopic (exact) mass is 315 g/mol.